The Morgan fingerprint density at radius 1 is 1.16 bits per heavy atom. The summed E-state index contributed by atoms with van der Waals surface area (Å²) in [7, 11) is 0. The van der Waals surface area contributed by atoms with Gasteiger partial charge in [0.1, 0.15) is 4.83 Å². The van der Waals surface area contributed by atoms with Crippen molar-refractivity contribution in [2.24, 2.45) is 0 Å². The number of nitrogens with zero attached hydrogens (tertiary/aromatic N) is 1. The zero-order valence-corrected chi connectivity index (χ0v) is 15.8. The molecule has 0 radical (unpaired) electrons. The van der Waals surface area contributed by atoms with Crippen LogP contribution in [0.25, 0.3) is 31.8 Å². The fraction of sp³-hybridized carbons (Fsp3) is 0. The van der Waals surface area contributed by atoms with Crippen LogP contribution in [0.15, 0.2) is 52.0 Å². The fourth-order valence-corrected chi connectivity index (χ4v) is 4.55. The zero-order valence-electron chi connectivity index (χ0n) is 12.6. The monoisotopic (exact) mass is 404 g/mol. The predicted molar refractivity (Wildman–Crippen MR) is 109 cm³/mol. The Labute approximate surface area is 161 Å². The predicted octanol–water partition coefficient (Wildman–Crippen LogP) is 6.10. The maximum atomic E-state index is 12.6. The van der Waals surface area contributed by atoms with E-state index in [2.05, 4.69) is 9.97 Å². The van der Waals surface area contributed by atoms with Crippen LogP contribution >= 0.6 is 45.9 Å². The van der Waals surface area contributed by atoms with Crippen LogP contribution in [0.3, 0.4) is 0 Å². The first-order chi connectivity index (χ1) is 12.1. The molecular formula is C18H10Cl2N2OS2. The summed E-state index contributed by atoms with van der Waals surface area (Å²) in [5.74, 6) is 0.355. The van der Waals surface area contributed by atoms with E-state index in [1.54, 1.807) is 29.5 Å². The number of hydrogen-bond donors (Lipinski definition) is 1. The lowest BCUT2D eigenvalue weighted by Crippen LogP contribution is -2.10. The number of aromatic nitrogens is 2. The molecule has 0 unspecified atom stereocenters. The van der Waals surface area contributed by atoms with Crippen LogP contribution in [0.2, 0.25) is 5.02 Å². The number of rotatable bonds is 3. The standard InChI is InChI=1S/C18H10Cl2N2OS2/c19-11-5-3-10(4-6-11)8-13(20)16-21-17(23)15-12(9-25-18(15)22-16)14-2-1-7-24-14/h1-9H,(H,21,22,23)/b13-8-. The molecule has 4 aromatic rings. The Morgan fingerprint density at radius 3 is 2.68 bits per heavy atom. The smallest absolute Gasteiger partial charge is 0.260 e. The van der Waals surface area contributed by atoms with E-state index in [1.807, 2.05) is 35.0 Å². The molecule has 0 atom stereocenters. The molecule has 0 spiro atoms. The van der Waals surface area contributed by atoms with Crippen LogP contribution in [-0.2, 0) is 0 Å². The fourth-order valence-electron chi connectivity index (χ4n) is 2.45. The second-order valence-electron chi connectivity index (χ2n) is 5.27. The van der Waals surface area contributed by atoms with Gasteiger partial charge in [-0.15, -0.1) is 22.7 Å². The van der Waals surface area contributed by atoms with Gasteiger partial charge in [0.2, 0.25) is 0 Å². The van der Waals surface area contributed by atoms with E-state index < -0.39 is 0 Å². The van der Waals surface area contributed by atoms with Gasteiger partial charge in [-0.05, 0) is 35.2 Å². The highest BCUT2D eigenvalue weighted by molar-refractivity contribution is 7.18. The Hall–Kier alpha value is -1.92. The molecule has 0 saturated heterocycles. The minimum atomic E-state index is -0.188. The Morgan fingerprint density at radius 2 is 1.96 bits per heavy atom. The second kappa shape index (κ2) is 6.77. The van der Waals surface area contributed by atoms with Crippen molar-refractivity contribution in [2.45, 2.75) is 0 Å². The van der Waals surface area contributed by atoms with Crippen LogP contribution in [0, 0.1) is 0 Å². The van der Waals surface area contributed by atoms with Gasteiger partial charge >= 0.3 is 0 Å². The Bertz CT molecular complexity index is 1130. The molecule has 0 aliphatic carbocycles. The second-order valence-corrected chi connectivity index (χ2v) is 7.91. The molecule has 0 amide bonds. The normalized spacial score (nSPS) is 12.0. The Balaban J connectivity index is 1.79. The van der Waals surface area contributed by atoms with E-state index >= 15 is 0 Å². The van der Waals surface area contributed by atoms with Crippen molar-refractivity contribution >= 4 is 67.2 Å². The first-order valence-corrected chi connectivity index (χ1v) is 9.82. The van der Waals surface area contributed by atoms with Gasteiger partial charge < -0.3 is 4.98 Å². The Kier molecular flexibility index (Phi) is 4.48. The average Bonchev–Trinajstić information content (AvgIpc) is 3.25. The molecular weight excluding hydrogens is 395 g/mol. The highest BCUT2D eigenvalue weighted by Gasteiger charge is 2.14. The molecule has 3 heterocycles. The van der Waals surface area contributed by atoms with Crippen molar-refractivity contribution in [3.8, 4) is 10.4 Å². The molecule has 0 aliphatic rings. The molecule has 0 fully saturated rings. The SMILES string of the molecule is O=c1[nH]c(/C(Cl)=C/c2ccc(Cl)cc2)nc2scc(-c3cccs3)c12. The van der Waals surface area contributed by atoms with Gasteiger partial charge in [0.25, 0.3) is 5.56 Å². The number of thiophene rings is 2. The average molecular weight is 405 g/mol. The number of hydrogen-bond acceptors (Lipinski definition) is 4. The van der Waals surface area contributed by atoms with E-state index in [9.17, 15) is 4.79 Å². The summed E-state index contributed by atoms with van der Waals surface area (Å²) in [4.78, 5) is 21.6. The molecule has 124 valence electrons. The van der Waals surface area contributed by atoms with Gasteiger partial charge in [-0.3, -0.25) is 4.79 Å². The molecule has 0 bridgehead atoms. The van der Waals surface area contributed by atoms with Gasteiger partial charge in [0, 0.05) is 20.8 Å². The molecule has 3 nitrogen and oxygen atoms in total. The van der Waals surface area contributed by atoms with Crippen molar-refractivity contribution in [3.05, 3.63) is 73.9 Å². The number of halogens is 2. The maximum Gasteiger partial charge on any atom is 0.260 e. The summed E-state index contributed by atoms with van der Waals surface area (Å²) in [6.45, 7) is 0. The van der Waals surface area contributed by atoms with Crippen molar-refractivity contribution < 1.29 is 0 Å². The molecule has 0 saturated carbocycles. The van der Waals surface area contributed by atoms with E-state index in [0.29, 0.717) is 26.1 Å². The van der Waals surface area contributed by atoms with Crippen LogP contribution in [0.1, 0.15) is 11.4 Å². The van der Waals surface area contributed by atoms with E-state index in [-0.39, 0.29) is 5.56 Å². The van der Waals surface area contributed by atoms with E-state index in [1.165, 1.54) is 11.3 Å². The lowest BCUT2D eigenvalue weighted by Gasteiger charge is -2.01. The van der Waals surface area contributed by atoms with E-state index in [4.69, 9.17) is 23.2 Å². The molecule has 3 aromatic heterocycles. The topological polar surface area (TPSA) is 45.8 Å². The zero-order chi connectivity index (χ0) is 17.4. The van der Waals surface area contributed by atoms with E-state index in [0.717, 1.165) is 16.0 Å². The minimum absolute atomic E-state index is 0.188. The third-order valence-corrected chi connectivity index (χ3v) is 5.94. The molecule has 1 N–H and O–H groups in total. The summed E-state index contributed by atoms with van der Waals surface area (Å²) in [5, 5.41) is 5.57. The van der Waals surface area contributed by atoms with Gasteiger partial charge in [0.05, 0.1) is 10.4 Å². The largest absolute Gasteiger partial charge is 0.305 e. The lowest BCUT2D eigenvalue weighted by atomic mass is 10.2. The third-order valence-electron chi connectivity index (χ3n) is 3.62. The molecule has 4 rings (SSSR count). The summed E-state index contributed by atoms with van der Waals surface area (Å²) in [5.41, 5.74) is 1.60. The van der Waals surface area contributed by atoms with Crippen LogP contribution in [0.4, 0.5) is 0 Å². The summed E-state index contributed by atoms with van der Waals surface area (Å²) in [6, 6.07) is 11.2. The van der Waals surface area contributed by atoms with Crippen molar-refractivity contribution in [1.82, 2.24) is 9.97 Å². The highest BCUT2D eigenvalue weighted by Crippen LogP contribution is 2.34. The van der Waals surface area contributed by atoms with Crippen LogP contribution in [0.5, 0.6) is 0 Å². The number of H-pyrrole nitrogens is 1. The quantitative estimate of drug-likeness (QED) is 0.447. The van der Waals surface area contributed by atoms with Crippen molar-refractivity contribution in [1.29, 1.82) is 0 Å². The first kappa shape index (κ1) is 16.5. The number of benzene rings is 1. The molecule has 1 aromatic carbocycles. The van der Waals surface area contributed by atoms with Crippen LogP contribution in [-0.4, -0.2) is 9.97 Å². The lowest BCUT2D eigenvalue weighted by molar-refractivity contribution is 1.14. The van der Waals surface area contributed by atoms with Crippen molar-refractivity contribution in [3.63, 3.8) is 0 Å². The van der Waals surface area contributed by atoms with Gasteiger partial charge in [-0.25, -0.2) is 4.98 Å². The highest BCUT2D eigenvalue weighted by atomic mass is 35.5. The maximum absolute atomic E-state index is 12.6. The molecule has 0 aliphatic heterocycles. The van der Waals surface area contributed by atoms with Crippen molar-refractivity contribution in [2.75, 3.05) is 0 Å². The van der Waals surface area contributed by atoms with Gasteiger partial charge in [0.15, 0.2) is 5.82 Å². The number of aromatic amines is 1. The van der Waals surface area contributed by atoms with Gasteiger partial charge in [-0.1, -0.05) is 41.4 Å². The third kappa shape index (κ3) is 3.28. The first-order valence-electron chi connectivity index (χ1n) is 7.30. The summed E-state index contributed by atoms with van der Waals surface area (Å²) >= 11 is 15.3. The number of nitrogens with one attached hydrogen (secondary N) is 1. The minimum Gasteiger partial charge on any atom is -0.305 e. The van der Waals surface area contributed by atoms with Crippen LogP contribution < -0.4 is 5.56 Å². The number of fused-ring (bicyclic) bond motifs is 1. The molecule has 25 heavy (non-hydrogen) atoms. The molecule has 7 heteroatoms. The summed E-state index contributed by atoms with van der Waals surface area (Å²) in [6.07, 6.45) is 1.75. The summed E-state index contributed by atoms with van der Waals surface area (Å²) < 4.78 is 0. The van der Waals surface area contributed by atoms with Gasteiger partial charge in [-0.2, -0.15) is 0 Å².